The molecule has 1 aromatic carbocycles. The standard InChI is InChI=1S/C16H27N3O2.HI/c1-5-17-16(18-6-2)19-11-15(20)13-7-9-14(10-8-13)21-12(3)4;/h7-10,12,15,20H,5-6,11H2,1-4H3,(H2,17,18,19);1H. The van der Waals surface area contributed by atoms with Crippen molar-refractivity contribution in [2.24, 2.45) is 4.99 Å². The number of benzene rings is 1. The summed E-state index contributed by atoms with van der Waals surface area (Å²) in [7, 11) is 0. The van der Waals surface area contributed by atoms with Gasteiger partial charge in [-0.2, -0.15) is 0 Å². The van der Waals surface area contributed by atoms with E-state index in [9.17, 15) is 5.11 Å². The highest BCUT2D eigenvalue weighted by molar-refractivity contribution is 14.0. The van der Waals surface area contributed by atoms with Crippen LogP contribution in [0.3, 0.4) is 0 Å². The van der Waals surface area contributed by atoms with Gasteiger partial charge < -0.3 is 20.5 Å². The molecular weight excluding hydrogens is 393 g/mol. The van der Waals surface area contributed by atoms with Crippen LogP contribution in [0.4, 0.5) is 0 Å². The number of aliphatic hydroxyl groups is 1. The molecule has 0 bridgehead atoms. The number of hydrogen-bond donors (Lipinski definition) is 3. The van der Waals surface area contributed by atoms with Crippen molar-refractivity contribution in [2.75, 3.05) is 19.6 Å². The molecule has 1 atom stereocenters. The minimum Gasteiger partial charge on any atom is -0.491 e. The van der Waals surface area contributed by atoms with Crippen LogP contribution in [-0.2, 0) is 0 Å². The summed E-state index contributed by atoms with van der Waals surface area (Å²) in [5.41, 5.74) is 0.835. The summed E-state index contributed by atoms with van der Waals surface area (Å²) in [5, 5.41) is 16.4. The van der Waals surface area contributed by atoms with Crippen molar-refractivity contribution in [3.05, 3.63) is 29.8 Å². The van der Waals surface area contributed by atoms with Gasteiger partial charge >= 0.3 is 0 Å². The summed E-state index contributed by atoms with van der Waals surface area (Å²) in [6.45, 7) is 9.90. The zero-order valence-electron chi connectivity index (χ0n) is 13.8. The zero-order valence-corrected chi connectivity index (χ0v) is 16.1. The minimum absolute atomic E-state index is 0. The molecule has 0 spiro atoms. The summed E-state index contributed by atoms with van der Waals surface area (Å²) >= 11 is 0. The molecule has 1 rings (SSSR count). The minimum atomic E-state index is -0.620. The van der Waals surface area contributed by atoms with E-state index < -0.39 is 6.10 Å². The van der Waals surface area contributed by atoms with Crippen molar-refractivity contribution in [1.29, 1.82) is 0 Å². The molecule has 3 N–H and O–H groups in total. The number of guanidine groups is 1. The number of nitrogens with one attached hydrogen (secondary N) is 2. The normalized spacial score (nSPS) is 11.4. The van der Waals surface area contributed by atoms with Crippen LogP contribution in [0.5, 0.6) is 5.75 Å². The van der Waals surface area contributed by atoms with Crippen LogP contribution in [0.1, 0.15) is 39.4 Å². The first-order chi connectivity index (χ1) is 10.1. The first-order valence-electron chi connectivity index (χ1n) is 7.53. The second kappa shape index (κ2) is 11.5. The Labute approximate surface area is 150 Å². The Bertz CT molecular complexity index is 428. The van der Waals surface area contributed by atoms with E-state index in [-0.39, 0.29) is 30.1 Å². The largest absolute Gasteiger partial charge is 0.491 e. The summed E-state index contributed by atoms with van der Waals surface area (Å²) in [6, 6.07) is 7.49. The lowest BCUT2D eigenvalue weighted by atomic mass is 10.1. The summed E-state index contributed by atoms with van der Waals surface area (Å²) in [4.78, 5) is 4.36. The second-order valence-electron chi connectivity index (χ2n) is 5.00. The fourth-order valence-electron chi connectivity index (χ4n) is 1.83. The average Bonchev–Trinajstić information content (AvgIpc) is 2.45. The van der Waals surface area contributed by atoms with Gasteiger partial charge in [0.25, 0.3) is 0 Å². The van der Waals surface area contributed by atoms with Crippen molar-refractivity contribution < 1.29 is 9.84 Å². The van der Waals surface area contributed by atoms with Crippen LogP contribution < -0.4 is 15.4 Å². The van der Waals surface area contributed by atoms with E-state index >= 15 is 0 Å². The molecule has 6 heteroatoms. The van der Waals surface area contributed by atoms with Gasteiger partial charge in [0.1, 0.15) is 5.75 Å². The zero-order chi connectivity index (χ0) is 15.7. The van der Waals surface area contributed by atoms with Crippen molar-refractivity contribution in [2.45, 2.75) is 39.9 Å². The SMILES string of the molecule is CCNC(=NCC(O)c1ccc(OC(C)C)cc1)NCC.I. The predicted molar refractivity (Wildman–Crippen MR) is 102 cm³/mol. The van der Waals surface area contributed by atoms with Crippen molar-refractivity contribution in [1.82, 2.24) is 10.6 Å². The Morgan fingerprint density at radius 3 is 2.14 bits per heavy atom. The van der Waals surface area contributed by atoms with Gasteiger partial charge in [-0.05, 0) is 45.4 Å². The maximum absolute atomic E-state index is 10.2. The molecule has 0 aliphatic heterocycles. The molecular formula is C16H28IN3O2. The highest BCUT2D eigenvalue weighted by Crippen LogP contribution is 2.18. The van der Waals surface area contributed by atoms with E-state index in [2.05, 4.69) is 15.6 Å². The topological polar surface area (TPSA) is 65.9 Å². The highest BCUT2D eigenvalue weighted by atomic mass is 127. The summed E-state index contributed by atoms with van der Waals surface area (Å²) in [6.07, 6.45) is -0.474. The quantitative estimate of drug-likeness (QED) is 0.360. The van der Waals surface area contributed by atoms with E-state index in [0.29, 0.717) is 6.54 Å². The molecule has 1 unspecified atom stereocenters. The number of hydrogen-bond acceptors (Lipinski definition) is 3. The van der Waals surface area contributed by atoms with Gasteiger partial charge in [0.15, 0.2) is 5.96 Å². The molecule has 0 radical (unpaired) electrons. The third-order valence-corrected chi connectivity index (χ3v) is 2.75. The Morgan fingerprint density at radius 2 is 1.68 bits per heavy atom. The smallest absolute Gasteiger partial charge is 0.191 e. The molecule has 0 heterocycles. The van der Waals surface area contributed by atoms with E-state index in [1.165, 1.54) is 0 Å². The first kappa shape index (κ1) is 21.0. The maximum atomic E-state index is 10.2. The average molecular weight is 421 g/mol. The maximum Gasteiger partial charge on any atom is 0.191 e. The molecule has 1 aromatic rings. The third kappa shape index (κ3) is 7.84. The van der Waals surface area contributed by atoms with Crippen LogP contribution in [-0.4, -0.2) is 36.8 Å². The molecule has 126 valence electrons. The van der Waals surface area contributed by atoms with Crippen LogP contribution >= 0.6 is 24.0 Å². The predicted octanol–water partition coefficient (Wildman–Crippen LogP) is 2.70. The number of ether oxygens (including phenoxy) is 1. The third-order valence-electron chi connectivity index (χ3n) is 2.75. The van der Waals surface area contributed by atoms with Gasteiger partial charge in [0.2, 0.25) is 0 Å². The highest BCUT2D eigenvalue weighted by Gasteiger charge is 2.08. The van der Waals surface area contributed by atoms with Crippen molar-refractivity contribution >= 4 is 29.9 Å². The van der Waals surface area contributed by atoms with Crippen LogP contribution in [0.2, 0.25) is 0 Å². The molecule has 0 saturated carbocycles. The van der Waals surface area contributed by atoms with E-state index in [1.807, 2.05) is 52.0 Å². The van der Waals surface area contributed by atoms with Gasteiger partial charge in [-0.15, -0.1) is 24.0 Å². The molecule has 0 aliphatic carbocycles. The number of rotatable bonds is 7. The van der Waals surface area contributed by atoms with Gasteiger partial charge in [-0.3, -0.25) is 4.99 Å². The monoisotopic (exact) mass is 421 g/mol. The molecule has 0 aliphatic rings. The molecule has 22 heavy (non-hydrogen) atoms. The van der Waals surface area contributed by atoms with Gasteiger partial charge in [0, 0.05) is 13.1 Å². The van der Waals surface area contributed by atoms with Gasteiger partial charge in [-0.25, -0.2) is 0 Å². The van der Waals surface area contributed by atoms with Crippen molar-refractivity contribution in [3.63, 3.8) is 0 Å². The van der Waals surface area contributed by atoms with Crippen molar-refractivity contribution in [3.8, 4) is 5.75 Å². The Morgan fingerprint density at radius 1 is 1.14 bits per heavy atom. The molecule has 0 saturated heterocycles. The van der Waals surface area contributed by atoms with Crippen LogP contribution in [0, 0.1) is 0 Å². The second-order valence-corrected chi connectivity index (χ2v) is 5.00. The fraction of sp³-hybridized carbons (Fsp3) is 0.562. The molecule has 5 nitrogen and oxygen atoms in total. The number of aliphatic hydroxyl groups excluding tert-OH is 1. The lowest BCUT2D eigenvalue weighted by Crippen LogP contribution is -2.37. The molecule has 0 fully saturated rings. The van der Waals surface area contributed by atoms with Gasteiger partial charge in [0.05, 0.1) is 18.8 Å². The summed E-state index contributed by atoms with van der Waals surface area (Å²) in [5.74, 6) is 1.53. The Hall–Kier alpha value is -1.02. The molecule has 0 amide bonds. The van der Waals surface area contributed by atoms with Crippen LogP contribution in [0.25, 0.3) is 0 Å². The lowest BCUT2D eigenvalue weighted by molar-refractivity contribution is 0.186. The summed E-state index contributed by atoms with van der Waals surface area (Å²) < 4.78 is 5.58. The van der Waals surface area contributed by atoms with Crippen LogP contribution in [0.15, 0.2) is 29.3 Å². The van der Waals surface area contributed by atoms with E-state index in [4.69, 9.17) is 4.74 Å². The number of aliphatic imine (C=N–C) groups is 1. The van der Waals surface area contributed by atoms with E-state index in [1.54, 1.807) is 0 Å². The first-order valence-corrected chi connectivity index (χ1v) is 7.53. The molecule has 0 aromatic heterocycles. The van der Waals surface area contributed by atoms with Gasteiger partial charge in [-0.1, -0.05) is 12.1 Å². The van der Waals surface area contributed by atoms with E-state index in [0.717, 1.165) is 30.4 Å². The number of halogens is 1. The number of nitrogens with zero attached hydrogens (tertiary/aromatic N) is 1. The fourth-order valence-corrected chi connectivity index (χ4v) is 1.83. The Balaban J connectivity index is 0.00000441. The Kier molecular flexibility index (Phi) is 11.0. The lowest BCUT2D eigenvalue weighted by Gasteiger charge is -2.13.